The van der Waals surface area contributed by atoms with E-state index in [9.17, 15) is 0 Å². The van der Waals surface area contributed by atoms with Crippen LogP contribution in [0.1, 0.15) is 19.0 Å². The van der Waals surface area contributed by atoms with Gasteiger partial charge in [-0.1, -0.05) is 0 Å². The van der Waals surface area contributed by atoms with Crippen LogP contribution in [0.2, 0.25) is 0 Å². The Morgan fingerprint density at radius 1 is 1.60 bits per heavy atom. The molecule has 2 rings (SSSR count). The maximum absolute atomic E-state index is 5.90. The summed E-state index contributed by atoms with van der Waals surface area (Å²) in [5, 5.41) is 0. The fourth-order valence-electron chi connectivity index (χ4n) is 1.99. The number of hydrogen-bond donors (Lipinski definition) is 1. The molecule has 2 heterocycles. The predicted molar refractivity (Wildman–Crippen MR) is 60.7 cm³/mol. The normalized spacial score (nSPS) is 23.1. The van der Waals surface area contributed by atoms with E-state index in [0.717, 1.165) is 31.2 Å². The number of aromatic nitrogens is 2. The molecule has 0 spiro atoms. The van der Waals surface area contributed by atoms with Crippen molar-refractivity contribution >= 4 is 5.95 Å². The van der Waals surface area contributed by atoms with Crippen LogP contribution in [0.25, 0.3) is 0 Å². The Morgan fingerprint density at radius 2 is 2.40 bits per heavy atom. The molecule has 0 radical (unpaired) electrons. The first-order chi connectivity index (χ1) is 7.16. The van der Waals surface area contributed by atoms with Crippen LogP contribution >= 0.6 is 0 Å². The van der Waals surface area contributed by atoms with Crippen LogP contribution < -0.4 is 10.6 Å². The van der Waals surface area contributed by atoms with Crippen molar-refractivity contribution in [2.45, 2.75) is 26.3 Å². The summed E-state index contributed by atoms with van der Waals surface area (Å²) < 4.78 is 0. The van der Waals surface area contributed by atoms with Crippen molar-refractivity contribution in [1.82, 2.24) is 9.97 Å². The quantitative estimate of drug-likeness (QED) is 0.783. The smallest absolute Gasteiger partial charge is 0.225 e. The highest BCUT2D eigenvalue weighted by Crippen LogP contribution is 2.22. The van der Waals surface area contributed by atoms with Gasteiger partial charge in [0.1, 0.15) is 0 Å². The SMILES string of the molecule is Cc1ccnc(N2CCC(C(C)N)C2)n1. The second kappa shape index (κ2) is 4.14. The second-order valence-corrected chi connectivity index (χ2v) is 4.35. The highest BCUT2D eigenvalue weighted by molar-refractivity contribution is 5.32. The van der Waals surface area contributed by atoms with E-state index in [-0.39, 0.29) is 6.04 Å². The lowest BCUT2D eigenvalue weighted by atomic mass is 10.0. The second-order valence-electron chi connectivity index (χ2n) is 4.35. The summed E-state index contributed by atoms with van der Waals surface area (Å²) in [5.74, 6) is 1.42. The Bertz CT molecular complexity index is 337. The molecule has 4 nitrogen and oxygen atoms in total. The van der Waals surface area contributed by atoms with Gasteiger partial charge in [0.15, 0.2) is 0 Å². The van der Waals surface area contributed by atoms with E-state index in [1.165, 1.54) is 0 Å². The maximum atomic E-state index is 5.90. The summed E-state index contributed by atoms with van der Waals surface area (Å²) >= 11 is 0. The molecule has 2 N–H and O–H groups in total. The van der Waals surface area contributed by atoms with Gasteiger partial charge in [0, 0.05) is 31.0 Å². The van der Waals surface area contributed by atoms with E-state index >= 15 is 0 Å². The molecule has 1 fully saturated rings. The zero-order valence-electron chi connectivity index (χ0n) is 9.35. The van der Waals surface area contributed by atoms with Crippen LogP contribution in [0.3, 0.4) is 0 Å². The molecule has 2 atom stereocenters. The molecular formula is C11H18N4. The van der Waals surface area contributed by atoms with Crippen LogP contribution in [0.5, 0.6) is 0 Å². The van der Waals surface area contributed by atoms with Gasteiger partial charge in [-0.25, -0.2) is 9.97 Å². The van der Waals surface area contributed by atoms with Gasteiger partial charge in [0.25, 0.3) is 0 Å². The van der Waals surface area contributed by atoms with Crippen molar-refractivity contribution in [1.29, 1.82) is 0 Å². The molecule has 1 aliphatic rings. The molecule has 1 aromatic rings. The molecule has 1 aliphatic heterocycles. The van der Waals surface area contributed by atoms with Gasteiger partial charge in [-0.3, -0.25) is 0 Å². The van der Waals surface area contributed by atoms with Gasteiger partial charge in [0.2, 0.25) is 5.95 Å². The molecule has 0 aliphatic carbocycles. The summed E-state index contributed by atoms with van der Waals surface area (Å²) in [7, 11) is 0. The predicted octanol–water partition coefficient (Wildman–Crippen LogP) is 0.959. The van der Waals surface area contributed by atoms with Gasteiger partial charge in [-0.05, 0) is 32.3 Å². The summed E-state index contributed by atoms with van der Waals surface area (Å²) in [6, 6.07) is 2.18. The summed E-state index contributed by atoms with van der Waals surface area (Å²) in [4.78, 5) is 10.9. The van der Waals surface area contributed by atoms with Crippen LogP contribution in [-0.2, 0) is 0 Å². The summed E-state index contributed by atoms with van der Waals surface area (Å²) in [5.41, 5.74) is 6.92. The maximum Gasteiger partial charge on any atom is 0.225 e. The van der Waals surface area contributed by atoms with Gasteiger partial charge in [0.05, 0.1) is 0 Å². The van der Waals surface area contributed by atoms with Crippen molar-refractivity contribution < 1.29 is 0 Å². The van der Waals surface area contributed by atoms with E-state index in [4.69, 9.17) is 5.73 Å². The average molecular weight is 206 g/mol. The largest absolute Gasteiger partial charge is 0.340 e. The van der Waals surface area contributed by atoms with Crippen molar-refractivity contribution in [3.8, 4) is 0 Å². The minimum absolute atomic E-state index is 0.264. The van der Waals surface area contributed by atoms with Crippen molar-refractivity contribution in [2.24, 2.45) is 11.7 Å². The number of nitrogens with zero attached hydrogens (tertiary/aromatic N) is 3. The van der Waals surface area contributed by atoms with Gasteiger partial charge < -0.3 is 10.6 Å². The molecule has 2 unspecified atom stereocenters. The molecule has 0 amide bonds. The molecule has 1 aromatic heterocycles. The van der Waals surface area contributed by atoms with Crippen LogP contribution in [0.4, 0.5) is 5.95 Å². The van der Waals surface area contributed by atoms with Crippen molar-refractivity contribution in [2.75, 3.05) is 18.0 Å². The lowest BCUT2D eigenvalue weighted by molar-refractivity contribution is 0.487. The van der Waals surface area contributed by atoms with Gasteiger partial charge >= 0.3 is 0 Å². The Kier molecular flexibility index (Phi) is 2.86. The van der Waals surface area contributed by atoms with Crippen molar-refractivity contribution in [3.05, 3.63) is 18.0 Å². The topological polar surface area (TPSA) is 55.0 Å². The number of anilines is 1. The Hall–Kier alpha value is -1.16. The average Bonchev–Trinajstić information content (AvgIpc) is 2.66. The minimum Gasteiger partial charge on any atom is -0.340 e. The lowest BCUT2D eigenvalue weighted by Gasteiger charge is -2.17. The van der Waals surface area contributed by atoms with E-state index in [1.54, 1.807) is 0 Å². The summed E-state index contributed by atoms with van der Waals surface area (Å²) in [6.07, 6.45) is 2.96. The standard InChI is InChI=1S/C11H18N4/c1-8-3-5-13-11(14-8)15-6-4-10(7-15)9(2)12/h3,5,9-10H,4,6-7,12H2,1-2H3. The number of aryl methyl sites for hydroxylation is 1. The first-order valence-corrected chi connectivity index (χ1v) is 5.47. The van der Waals surface area contributed by atoms with E-state index in [2.05, 4.69) is 21.8 Å². The van der Waals surface area contributed by atoms with Gasteiger partial charge in [-0.15, -0.1) is 0 Å². The molecule has 82 valence electrons. The third-order valence-corrected chi connectivity index (χ3v) is 3.03. The van der Waals surface area contributed by atoms with Gasteiger partial charge in [-0.2, -0.15) is 0 Å². The number of nitrogens with two attached hydrogens (primary N) is 1. The Morgan fingerprint density at radius 3 is 3.00 bits per heavy atom. The molecule has 0 bridgehead atoms. The minimum atomic E-state index is 0.264. The Labute approximate surface area is 90.5 Å². The first-order valence-electron chi connectivity index (χ1n) is 5.47. The fraction of sp³-hybridized carbons (Fsp3) is 0.636. The van der Waals surface area contributed by atoms with E-state index < -0.39 is 0 Å². The fourth-order valence-corrected chi connectivity index (χ4v) is 1.99. The third kappa shape index (κ3) is 2.26. The van der Waals surface area contributed by atoms with Crippen molar-refractivity contribution in [3.63, 3.8) is 0 Å². The molecule has 15 heavy (non-hydrogen) atoms. The zero-order chi connectivity index (χ0) is 10.8. The molecule has 1 saturated heterocycles. The lowest BCUT2D eigenvalue weighted by Crippen LogP contribution is -2.30. The number of hydrogen-bond acceptors (Lipinski definition) is 4. The summed E-state index contributed by atoms with van der Waals surface area (Å²) in [6.45, 7) is 6.08. The molecule has 0 saturated carbocycles. The molecular weight excluding hydrogens is 188 g/mol. The first kappa shape index (κ1) is 10.4. The monoisotopic (exact) mass is 206 g/mol. The number of rotatable bonds is 2. The highest BCUT2D eigenvalue weighted by atomic mass is 15.3. The van der Waals surface area contributed by atoms with Crippen LogP contribution in [-0.4, -0.2) is 29.1 Å². The van der Waals surface area contributed by atoms with E-state index in [1.807, 2.05) is 19.2 Å². The molecule has 4 heteroatoms. The van der Waals surface area contributed by atoms with E-state index in [0.29, 0.717) is 5.92 Å². The molecule has 0 aromatic carbocycles. The zero-order valence-corrected chi connectivity index (χ0v) is 9.35. The Balaban J connectivity index is 2.08. The third-order valence-electron chi connectivity index (χ3n) is 3.03. The highest BCUT2D eigenvalue weighted by Gasteiger charge is 2.26. The van der Waals surface area contributed by atoms with Crippen LogP contribution in [0, 0.1) is 12.8 Å². The van der Waals surface area contributed by atoms with Crippen LogP contribution in [0.15, 0.2) is 12.3 Å².